The van der Waals surface area contributed by atoms with Crippen molar-refractivity contribution in [2.45, 2.75) is 12.7 Å². The van der Waals surface area contributed by atoms with Crippen molar-refractivity contribution in [3.8, 4) is 0 Å². The van der Waals surface area contributed by atoms with Crippen molar-refractivity contribution in [1.82, 2.24) is 10.3 Å². The number of hydrogen-bond donors (Lipinski definition) is 1. The van der Waals surface area contributed by atoms with Crippen LogP contribution in [0, 0.1) is 0 Å². The van der Waals surface area contributed by atoms with Crippen LogP contribution >= 0.6 is 0 Å². The van der Waals surface area contributed by atoms with Crippen molar-refractivity contribution in [1.29, 1.82) is 0 Å². The van der Waals surface area contributed by atoms with E-state index >= 15 is 0 Å². The van der Waals surface area contributed by atoms with Gasteiger partial charge in [-0.25, -0.2) is 4.98 Å². The Bertz CT molecular complexity index is 774. The number of nitrogens with one attached hydrogen (secondary N) is 1. The Morgan fingerprint density at radius 2 is 1.96 bits per heavy atom. The highest BCUT2D eigenvalue weighted by atomic mass is 19.4. The summed E-state index contributed by atoms with van der Waals surface area (Å²) in [7, 11) is 0. The van der Waals surface area contributed by atoms with Crippen LogP contribution in [0.3, 0.4) is 0 Å². The molecule has 138 valence electrons. The first-order chi connectivity index (χ1) is 12.4. The minimum Gasteiger partial charge on any atom is -0.378 e. The van der Waals surface area contributed by atoms with Crippen molar-refractivity contribution in [3.63, 3.8) is 0 Å². The lowest BCUT2D eigenvalue weighted by molar-refractivity contribution is -0.137. The summed E-state index contributed by atoms with van der Waals surface area (Å²) < 4.78 is 43.5. The fourth-order valence-corrected chi connectivity index (χ4v) is 2.67. The van der Waals surface area contributed by atoms with E-state index in [-0.39, 0.29) is 12.5 Å². The number of ether oxygens (including phenoxy) is 1. The van der Waals surface area contributed by atoms with Gasteiger partial charge in [0.1, 0.15) is 5.82 Å². The van der Waals surface area contributed by atoms with Gasteiger partial charge in [-0.3, -0.25) is 4.79 Å². The standard InChI is InChI=1S/C18H18F3N3O2/c19-18(20,21)15-3-1-2-13(10-15)12-23-17(25)14-4-5-22-16(11-14)24-6-8-26-9-7-24/h1-5,10-11H,6-9,12H2,(H,23,25). The van der Waals surface area contributed by atoms with Gasteiger partial charge in [-0.05, 0) is 29.8 Å². The van der Waals surface area contributed by atoms with Gasteiger partial charge in [0.2, 0.25) is 0 Å². The molecule has 26 heavy (non-hydrogen) atoms. The molecule has 1 aromatic heterocycles. The van der Waals surface area contributed by atoms with Gasteiger partial charge in [-0.2, -0.15) is 13.2 Å². The summed E-state index contributed by atoms with van der Waals surface area (Å²) in [5.74, 6) is 0.319. The zero-order valence-corrected chi connectivity index (χ0v) is 13.9. The molecular weight excluding hydrogens is 347 g/mol. The molecule has 1 aromatic carbocycles. The zero-order chi connectivity index (χ0) is 18.6. The third-order valence-corrected chi connectivity index (χ3v) is 4.05. The van der Waals surface area contributed by atoms with Crippen molar-refractivity contribution >= 4 is 11.7 Å². The van der Waals surface area contributed by atoms with E-state index in [1.54, 1.807) is 24.4 Å². The number of carbonyl (C=O) groups is 1. The minimum absolute atomic E-state index is 0.0119. The lowest BCUT2D eigenvalue weighted by atomic mass is 10.1. The van der Waals surface area contributed by atoms with E-state index in [0.717, 1.165) is 12.1 Å². The molecule has 0 aliphatic carbocycles. The van der Waals surface area contributed by atoms with E-state index < -0.39 is 11.7 Å². The average Bonchev–Trinajstić information content (AvgIpc) is 2.66. The lowest BCUT2D eigenvalue weighted by Crippen LogP contribution is -2.37. The Hall–Kier alpha value is -2.61. The number of pyridine rings is 1. The van der Waals surface area contributed by atoms with Gasteiger partial charge in [0.15, 0.2) is 0 Å². The fraction of sp³-hybridized carbons (Fsp3) is 0.333. The van der Waals surface area contributed by atoms with Crippen LogP contribution < -0.4 is 10.2 Å². The number of rotatable bonds is 4. The lowest BCUT2D eigenvalue weighted by Gasteiger charge is -2.27. The molecule has 2 aromatic rings. The molecule has 1 fully saturated rings. The maximum Gasteiger partial charge on any atom is 0.416 e. The third kappa shape index (κ3) is 4.51. The molecule has 2 heterocycles. The first-order valence-corrected chi connectivity index (χ1v) is 8.16. The molecule has 0 radical (unpaired) electrons. The Labute approximate surface area is 148 Å². The van der Waals surface area contributed by atoms with E-state index in [1.807, 2.05) is 4.90 Å². The van der Waals surface area contributed by atoms with Crippen molar-refractivity contribution < 1.29 is 22.7 Å². The van der Waals surface area contributed by atoms with Gasteiger partial charge in [-0.1, -0.05) is 12.1 Å². The molecule has 1 N–H and O–H groups in total. The van der Waals surface area contributed by atoms with Crippen LogP contribution in [0.5, 0.6) is 0 Å². The summed E-state index contributed by atoms with van der Waals surface area (Å²) in [6.07, 6.45) is -2.86. The Morgan fingerprint density at radius 3 is 2.69 bits per heavy atom. The fourth-order valence-electron chi connectivity index (χ4n) is 2.67. The van der Waals surface area contributed by atoms with Crippen LogP contribution in [0.4, 0.5) is 19.0 Å². The molecule has 1 amide bonds. The Morgan fingerprint density at radius 1 is 1.19 bits per heavy atom. The second-order valence-electron chi connectivity index (χ2n) is 5.88. The number of aromatic nitrogens is 1. The smallest absolute Gasteiger partial charge is 0.378 e. The van der Waals surface area contributed by atoms with E-state index in [9.17, 15) is 18.0 Å². The highest BCUT2D eigenvalue weighted by Gasteiger charge is 2.30. The van der Waals surface area contributed by atoms with Crippen LogP contribution in [0.25, 0.3) is 0 Å². The summed E-state index contributed by atoms with van der Waals surface area (Å²) in [6.45, 7) is 2.61. The third-order valence-electron chi connectivity index (χ3n) is 4.05. The number of amides is 1. The number of carbonyl (C=O) groups excluding carboxylic acids is 1. The molecule has 0 bridgehead atoms. The summed E-state index contributed by atoms with van der Waals surface area (Å²) in [4.78, 5) is 18.6. The van der Waals surface area contributed by atoms with E-state index in [1.165, 1.54) is 6.07 Å². The summed E-state index contributed by atoms with van der Waals surface area (Å²) in [5.41, 5.74) is 0.0619. The second kappa shape index (κ2) is 7.74. The molecule has 0 spiro atoms. The van der Waals surface area contributed by atoms with Crippen LogP contribution in [0.15, 0.2) is 42.6 Å². The molecule has 1 aliphatic heterocycles. The number of alkyl halides is 3. The molecule has 0 atom stereocenters. The Kier molecular flexibility index (Phi) is 5.41. The van der Waals surface area contributed by atoms with Gasteiger partial charge >= 0.3 is 6.18 Å². The number of morpholine rings is 1. The molecular formula is C18H18F3N3O2. The normalized spacial score (nSPS) is 15.0. The molecule has 0 unspecified atom stereocenters. The van der Waals surface area contributed by atoms with Crippen LogP contribution in [-0.2, 0) is 17.5 Å². The molecule has 1 saturated heterocycles. The van der Waals surface area contributed by atoms with Gasteiger partial charge in [0.05, 0.1) is 18.8 Å². The quantitative estimate of drug-likeness (QED) is 0.905. The summed E-state index contributed by atoms with van der Waals surface area (Å²) in [5, 5.41) is 2.65. The average molecular weight is 365 g/mol. The van der Waals surface area contributed by atoms with Crippen molar-refractivity contribution in [3.05, 3.63) is 59.3 Å². The second-order valence-corrected chi connectivity index (χ2v) is 5.88. The first kappa shape index (κ1) is 18.2. The summed E-state index contributed by atoms with van der Waals surface area (Å²) >= 11 is 0. The maximum absolute atomic E-state index is 12.7. The van der Waals surface area contributed by atoms with Gasteiger partial charge in [0.25, 0.3) is 5.91 Å². The maximum atomic E-state index is 12.7. The van der Waals surface area contributed by atoms with Gasteiger partial charge in [0, 0.05) is 31.4 Å². The molecule has 8 heteroatoms. The number of anilines is 1. The highest BCUT2D eigenvalue weighted by Crippen LogP contribution is 2.29. The largest absolute Gasteiger partial charge is 0.416 e. The summed E-state index contributed by atoms with van der Waals surface area (Å²) in [6, 6.07) is 8.15. The minimum atomic E-state index is -4.40. The molecule has 3 rings (SSSR count). The predicted molar refractivity (Wildman–Crippen MR) is 89.9 cm³/mol. The van der Waals surface area contributed by atoms with Crippen LogP contribution in [0.2, 0.25) is 0 Å². The van der Waals surface area contributed by atoms with E-state index in [0.29, 0.717) is 43.2 Å². The van der Waals surface area contributed by atoms with Crippen molar-refractivity contribution in [2.75, 3.05) is 31.2 Å². The molecule has 1 aliphatic rings. The zero-order valence-electron chi connectivity index (χ0n) is 13.9. The van der Waals surface area contributed by atoms with Crippen molar-refractivity contribution in [2.24, 2.45) is 0 Å². The van der Waals surface area contributed by atoms with Gasteiger partial charge < -0.3 is 15.0 Å². The van der Waals surface area contributed by atoms with E-state index in [2.05, 4.69) is 10.3 Å². The SMILES string of the molecule is O=C(NCc1cccc(C(F)(F)F)c1)c1ccnc(N2CCOCC2)c1. The first-order valence-electron chi connectivity index (χ1n) is 8.16. The number of nitrogens with zero attached hydrogens (tertiary/aromatic N) is 2. The number of benzene rings is 1. The monoisotopic (exact) mass is 365 g/mol. The Balaban J connectivity index is 1.65. The number of halogens is 3. The van der Waals surface area contributed by atoms with Gasteiger partial charge in [-0.15, -0.1) is 0 Å². The van der Waals surface area contributed by atoms with Crippen LogP contribution in [0.1, 0.15) is 21.5 Å². The molecule has 0 saturated carbocycles. The number of hydrogen-bond acceptors (Lipinski definition) is 4. The molecule has 5 nitrogen and oxygen atoms in total. The van der Waals surface area contributed by atoms with Crippen LogP contribution in [-0.4, -0.2) is 37.2 Å². The topological polar surface area (TPSA) is 54.5 Å². The predicted octanol–water partition coefficient (Wildman–Crippen LogP) is 2.87. The van der Waals surface area contributed by atoms with E-state index in [4.69, 9.17) is 4.74 Å². The highest BCUT2D eigenvalue weighted by molar-refractivity contribution is 5.94.